The van der Waals surface area contributed by atoms with Crippen LogP contribution < -0.4 is 0 Å². The van der Waals surface area contributed by atoms with Crippen molar-refractivity contribution in [2.75, 3.05) is 0 Å². The van der Waals surface area contributed by atoms with E-state index in [9.17, 15) is 9.90 Å². The van der Waals surface area contributed by atoms with Crippen LogP contribution >= 0.6 is 0 Å². The van der Waals surface area contributed by atoms with Gasteiger partial charge < -0.3 is 9.84 Å². The van der Waals surface area contributed by atoms with Gasteiger partial charge in [-0.3, -0.25) is 4.79 Å². The van der Waals surface area contributed by atoms with E-state index >= 15 is 0 Å². The van der Waals surface area contributed by atoms with Crippen molar-refractivity contribution in [3.8, 4) is 0 Å². The van der Waals surface area contributed by atoms with E-state index in [0.717, 1.165) is 18.4 Å². The van der Waals surface area contributed by atoms with Gasteiger partial charge in [-0.2, -0.15) is 0 Å². The highest BCUT2D eigenvalue weighted by Gasteiger charge is 2.25. The molecule has 2 aliphatic rings. The second kappa shape index (κ2) is 7.60. The van der Waals surface area contributed by atoms with Crippen LogP contribution in [0.2, 0.25) is 0 Å². The van der Waals surface area contributed by atoms with Gasteiger partial charge in [0.1, 0.15) is 6.10 Å². The quantitative estimate of drug-likeness (QED) is 0.854. The molecule has 0 bridgehead atoms. The topological polar surface area (TPSA) is 46.5 Å². The van der Waals surface area contributed by atoms with Crippen LogP contribution in [0.1, 0.15) is 56.1 Å². The van der Waals surface area contributed by atoms with Gasteiger partial charge in [-0.15, -0.1) is 0 Å². The summed E-state index contributed by atoms with van der Waals surface area (Å²) in [6, 6.07) is 8.36. The van der Waals surface area contributed by atoms with E-state index in [0.29, 0.717) is 6.42 Å². The predicted molar refractivity (Wildman–Crippen MR) is 91.7 cm³/mol. The molecule has 1 fully saturated rings. The van der Waals surface area contributed by atoms with Crippen molar-refractivity contribution in [1.82, 2.24) is 0 Å². The highest BCUT2D eigenvalue weighted by molar-refractivity contribution is 5.75. The third-order valence-corrected chi connectivity index (χ3v) is 4.53. The molecule has 1 aromatic carbocycles. The molecular formula is C20H24O3. The summed E-state index contributed by atoms with van der Waals surface area (Å²) in [6.45, 7) is 0. The molecule has 3 nitrogen and oxygen atoms in total. The number of cyclic esters (lactones) is 1. The van der Waals surface area contributed by atoms with Crippen molar-refractivity contribution in [3.63, 3.8) is 0 Å². The van der Waals surface area contributed by atoms with Gasteiger partial charge in [0.25, 0.3) is 0 Å². The third-order valence-electron chi connectivity index (χ3n) is 4.53. The second-order valence-electron chi connectivity index (χ2n) is 6.40. The van der Waals surface area contributed by atoms with Gasteiger partial charge in [-0.05, 0) is 48.5 Å². The van der Waals surface area contributed by atoms with Crippen LogP contribution in [0.15, 0.2) is 36.4 Å². The number of allylic oxidation sites excluding steroid dienone is 2. The molecule has 0 aromatic heterocycles. The normalized spacial score (nSPS) is 25.8. The summed E-state index contributed by atoms with van der Waals surface area (Å²) >= 11 is 0. The van der Waals surface area contributed by atoms with Crippen LogP contribution in [0.3, 0.4) is 0 Å². The molecule has 0 amide bonds. The SMILES string of the molecule is O=C1CC(O)CC(/C=C/c2ccccc2C2=CCCCCC2)O1. The number of rotatable bonds is 3. The Hall–Kier alpha value is -1.87. The zero-order chi connectivity index (χ0) is 16.1. The Kier molecular flexibility index (Phi) is 5.29. The minimum Gasteiger partial charge on any atom is -0.458 e. The maximum Gasteiger partial charge on any atom is 0.309 e. The summed E-state index contributed by atoms with van der Waals surface area (Å²) in [5.41, 5.74) is 3.84. The van der Waals surface area contributed by atoms with Crippen molar-refractivity contribution < 1.29 is 14.6 Å². The summed E-state index contributed by atoms with van der Waals surface area (Å²) in [7, 11) is 0. The molecule has 2 unspecified atom stereocenters. The van der Waals surface area contributed by atoms with Gasteiger partial charge in [0, 0.05) is 6.42 Å². The van der Waals surface area contributed by atoms with Crippen LogP contribution in [0.5, 0.6) is 0 Å². The number of aliphatic hydroxyl groups excluding tert-OH is 1. The minimum atomic E-state index is -0.592. The highest BCUT2D eigenvalue weighted by atomic mass is 16.5. The maximum atomic E-state index is 11.4. The molecular weight excluding hydrogens is 288 g/mol. The van der Waals surface area contributed by atoms with Crippen LogP contribution in [-0.4, -0.2) is 23.3 Å². The van der Waals surface area contributed by atoms with E-state index in [4.69, 9.17) is 4.74 Å². The van der Waals surface area contributed by atoms with Crippen LogP contribution in [0.25, 0.3) is 11.6 Å². The molecule has 1 saturated heterocycles. The summed E-state index contributed by atoms with van der Waals surface area (Å²) < 4.78 is 5.28. The highest BCUT2D eigenvalue weighted by Crippen LogP contribution is 2.29. The predicted octanol–water partition coefficient (Wildman–Crippen LogP) is 4.11. The fraction of sp³-hybridized carbons (Fsp3) is 0.450. The molecule has 1 heterocycles. The number of hydrogen-bond donors (Lipinski definition) is 1. The fourth-order valence-corrected chi connectivity index (χ4v) is 3.33. The van der Waals surface area contributed by atoms with Gasteiger partial charge in [0.05, 0.1) is 12.5 Å². The lowest BCUT2D eigenvalue weighted by atomic mass is 9.95. The average Bonchev–Trinajstić information content (AvgIpc) is 2.81. The monoisotopic (exact) mass is 312 g/mol. The summed E-state index contributed by atoms with van der Waals surface area (Å²) in [6.07, 6.45) is 12.1. The first-order chi connectivity index (χ1) is 11.2. The molecule has 3 heteroatoms. The van der Waals surface area contributed by atoms with Crippen molar-refractivity contribution >= 4 is 17.6 Å². The first kappa shape index (κ1) is 16.0. The van der Waals surface area contributed by atoms with Gasteiger partial charge in [-0.1, -0.05) is 42.8 Å². The van der Waals surface area contributed by atoms with Gasteiger partial charge in [0.15, 0.2) is 0 Å². The number of aliphatic hydroxyl groups is 1. The number of benzene rings is 1. The first-order valence-corrected chi connectivity index (χ1v) is 8.56. The lowest BCUT2D eigenvalue weighted by molar-refractivity contribution is -0.156. The van der Waals surface area contributed by atoms with Crippen LogP contribution in [0.4, 0.5) is 0 Å². The Bertz CT molecular complexity index is 615. The van der Waals surface area contributed by atoms with E-state index in [1.165, 1.54) is 30.4 Å². The van der Waals surface area contributed by atoms with E-state index in [1.54, 1.807) is 0 Å². The standard InChI is InChI=1S/C20H24O3/c21-17-13-18(23-20(22)14-17)12-11-16-9-5-6-10-19(16)15-7-3-1-2-4-8-15/h5-7,9-12,17-18,21H,1-4,8,13-14H2/b12-11+. The van der Waals surface area contributed by atoms with Crippen molar-refractivity contribution in [2.24, 2.45) is 0 Å². The lowest BCUT2D eigenvalue weighted by Crippen LogP contribution is -2.31. The van der Waals surface area contributed by atoms with Crippen molar-refractivity contribution in [2.45, 2.75) is 57.2 Å². The summed E-state index contributed by atoms with van der Waals surface area (Å²) in [5, 5.41) is 9.69. The van der Waals surface area contributed by atoms with E-state index in [-0.39, 0.29) is 18.5 Å². The zero-order valence-corrected chi connectivity index (χ0v) is 13.4. The van der Waals surface area contributed by atoms with Crippen molar-refractivity contribution in [1.29, 1.82) is 0 Å². The summed E-state index contributed by atoms with van der Waals surface area (Å²) in [5.74, 6) is -0.321. The number of hydrogen-bond acceptors (Lipinski definition) is 3. The fourth-order valence-electron chi connectivity index (χ4n) is 3.33. The van der Waals surface area contributed by atoms with Crippen LogP contribution in [0, 0.1) is 0 Å². The second-order valence-corrected chi connectivity index (χ2v) is 6.40. The van der Waals surface area contributed by atoms with Gasteiger partial charge in [0.2, 0.25) is 0 Å². The molecule has 2 atom stereocenters. The smallest absolute Gasteiger partial charge is 0.309 e. The number of ether oxygens (including phenoxy) is 1. The van der Waals surface area contributed by atoms with E-state index < -0.39 is 6.10 Å². The first-order valence-electron chi connectivity index (χ1n) is 8.56. The molecule has 1 aromatic rings. The third kappa shape index (κ3) is 4.32. The molecule has 0 saturated carbocycles. The zero-order valence-electron chi connectivity index (χ0n) is 13.4. The van der Waals surface area contributed by atoms with E-state index in [1.807, 2.05) is 18.2 Å². The van der Waals surface area contributed by atoms with Gasteiger partial charge in [-0.25, -0.2) is 0 Å². The summed E-state index contributed by atoms with van der Waals surface area (Å²) in [4.78, 5) is 11.4. The molecule has 1 aliphatic carbocycles. The Balaban J connectivity index is 1.79. The molecule has 3 rings (SSSR count). The molecule has 1 aliphatic heterocycles. The maximum absolute atomic E-state index is 11.4. The van der Waals surface area contributed by atoms with E-state index in [2.05, 4.69) is 24.3 Å². The molecule has 1 N–H and O–H groups in total. The number of carbonyl (C=O) groups excluding carboxylic acids is 1. The van der Waals surface area contributed by atoms with Gasteiger partial charge >= 0.3 is 5.97 Å². The minimum absolute atomic E-state index is 0.105. The largest absolute Gasteiger partial charge is 0.458 e. The number of carbonyl (C=O) groups is 1. The van der Waals surface area contributed by atoms with Crippen LogP contribution in [-0.2, 0) is 9.53 Å². The van der Waals surface area contributed by atoms with Crippen molar-refractivity contribution in [3.05, 3.63) is 47.5 Å². The average molecular weight is 312 g/mol. The Morgan fingerprint density at radius 3 is 2.91 bits per heavy atom. The molecule has 122 valence electrons. The molecule has 0 radical (unpaired) electrons. The Morgan fingerprint density at radius 2 is 2.04 bits per heavy atom. The lowest BCUT2D eigenvalue weighted by Gasteiger charge is -2.23. The molecule has 23 heavy (non-hydrogen) atoms. The Labute approximate surface area is 137 Å². The number of esters is 1. The molecule has 0 spiro atoms. The Morgan fingerprint density at radius 1 is 1.17 bits per heavy atom.